The van der Waals surface area contributed by atoms with E-state index in [2.05, 4.69) is 24.9 Å². The van der Waals surface area contributed by atoms with E-state index in [1.54, 1.807) is 0 Å². The minimum Gasteiger partial charge on any atom is -0.448 e. The van der Waals surface area contributed by atoms with Crippen molar-refractivity contribution in [1.82, 2.24) is 14.7 Å². The fourth-order valence-electron chi connectivity index (χ4n) is 0.940. The number of nitrogens with zero attached hydrogens (tertiary/aromatic N) is 2. The third-order valence-corrected chi connectivity index (χ3v) is 3.12. The van der Waals surface area contributed by atoms with Gasteiger partial charge in [-0.05, 0) is 0 Å². The number of aromatic nitrogens is 2. The molecule has 0 fully saturated rings. The van der Waals surface area contributed by atoms with E-state index in [0.717, 1.165) is 12.4 Å². The zero-order chi connectivity index (χ0) is 13.6. The molecule has 1 aromatic rings. The summed E-state index contributed by atoms with van der Waals surface area (Å²) in [6.45, 7) is -0.278. The lowest BCUT2D eigenvalue weighted by molar-refractivity contribution is 0.159. The van der Waals surface area contributed by atoms with Gasteiger partial charge in [-0.25, -0.2) is 33.7 Å². The summed E-state index contributed by atoms with van der Waals surface area (Å²) >= 11 is 0. The predicted molar refractivity (Wildman–Crippen MR) is 60.6 cm³/mol. The molecular weight excluding hydrogens is 264 g/mol. The Balaban J connectivity index is 2.59. The minimum absolute atomic E-state index is 0.0889. The predicted octanol–water partition coefficient (Wildman–Crippen LogP) is -1.86. The molecule has 0 aromatic carbocycles. The molecule has 0 aliphatic carbocycles. The van der Waals surface area contributed by atoms with Crippen LogP contribution in [0.15, 0.2) is 17.3 Å². The third-order valence-electron chi connectivity index (χ3n) is 1.71. The molecular formula is C7H12N6O4S. The lowest BCUT2D eigenvalue weighted by Gasteiger charge is -2.06. The van der Waals surface area contributed by atoms with Gasteiger partial charge in [-0.15, -0.1) is 0 Å². The molecule has 1 amide bonds. The highest BCUT2D eigenvalue weighted by molar-refractivity contribution is 7.89. The van der Waals surface area contributed by atoms with Crippen molar-refractivity contribution >= 4 is 22.1 Å². The summed E-state index contributed by atoms with van der Waals surface area (Å²) in [7, 11) is -3.76. The Kier molecular flexibility index (Phi) is 4.76. The van der Waals surface area contributed by atoms with E-state index >= 15 is 0 Å². The highest BCUT2D eigenvalue weighted by Gasteiger charge is 2.14. The Morgan fingerprint density at radius 1 is 1.39 bits per heavy atom. The van der Waals surface area contributed by atoms with Gasteiger partial charge >= 0.3 is 6.09 Å². The number of sulfonamides is 1. The van der Waals surface area contributed by atoms with Gasteiger partial charge in [-0.1, -0.05) is 0 Å². The Bertz CT molecular complexity index is 501. The number of rotatable bonds is 6. The molecule has 0 unspecified atom stereocenters. The summed E-state index contributed by atoms with van der Waals surface area (Å²) in [4.78, 5) is 17.4. The summed E-state index contributed by atoms with van der Waals surface area (Å²) in [6, 6.07) is 0. The van der Waals surface area contributed by atoms with Gasteiger partial charge in [0.2, 0.25) is 16.0 Å². The zero-order valence-corrected chi connectivity index (χ0v) is 9.98. The first-order valence-corrected chi connectivity index (χ1v) is 6.14. The van der Waals surface area contributed by atoms with E-state index in [0.29, 0.717) is 0 Å². The van der Waals surface area contributed by atoms with Crippen molar-refractivity contribution in [3.63, 3.8) is 0 Å². The lowest BCUT2D eigenvalue weighted by Crippen LogP contribution is -2.29. The Morgan fingerprint density at radius 2 is 2.00 bits per heavy atom. The van der Waals surface area contributed by atoms with Crippen LogP contribution in [0, 0.1) is 0 Å². The van der Waals surface area contributed by atoms with Crippen LogP contribution in [0.2, 0.25) is 0 Å². The molecule has 100 valence electrons. The second-order valence-electron chi connectivity index (χ2n) is 2.95. The van der Waals surface area contributed by atoms with E-state index in [9.17, 15) is 13.2 Å². The fraction of sp³-hybridized carbons (Fsp3) is 0.286. The van der Waals surface area contributed by atoms with Gasteiger partial charge in [-0.2, -0.15) is 0 Å². The highest BCUT2D eigenvalue weighted by Crippen LogP contribution is 2.06. The number of anilines is 1. The number of hydrazine groups is 1. The Hall–Kier alpha value is -1.98. The van der Waals surface area contributed by atoms with Crippen molar-refractivity contribution in [3.05, 3.63) is 12.4 Å². The van der Waals surface area contributed by atoms with Crippen LogP contribution in [0.5, 0.6) is 0 Å². The Morgan fingerprint density at radius 3 is 2.50 bits per heavy atom. The number of primary amides is 1. The third kappa shape index (κ3) is 4.12. The quantitative estimate of drug-likeness (QED) is 0.267. The van der Waals surface area contributed by atoms with Gasteiger partial charge in [-0.3, -0.25) is 5.43 Å². The summed E-state index contributed by atoms with van der Waals surface area (Å²) < 4.78 is 29.9. The van der Waals surface area contributed by atoms with Crippen LogP contribution in [0.4, 0.5) is 10.7 Å². The van der Waals surface area contributed by atoms with Crippen LogP contribution < -0.4 is 21.7 Å². The SMILES string of the molecule is NNc1ncc(S(=O)(=O)NCCOC(N)=O)cn1. The van der Waals surface area contributed by atoms with E-state index < -0.39 is 16.1 Å². The second kappa shape index (κ2) is 6.09. The number of hydrogen-bond acceptors (Lipinski definition) is 8. The zero-order valence-electron chi connectivity index (χ0n) is 9.16. The first kappa shape index (κ1) is 14.1. The molecule has 1 heterocycles. The smallest absolute Gasteiger partial charge is 0.404 e. The van der Waals surface area contributed by atoms with Crippen molar-refractivity contribution in [1.29, 1.82) is 0 Å². The molecule has 0 bridgehead atoms. The van der Waals surface area contributed by atoms with Crippen molar-refractivity contribution < 1.29 is 17.9 Å². The van der Waals surface area contributed by atoms with E-state index in [1.807, 2.05) is 0 Å². The van der Waals surface area contributed by atoms with Crippen molar-refractivity contribution in [2.45, 2.75) is 4.90 Å². The highest BCUT2D eigenvalue weighted by atomic mass is 32.2. The summed E-state index contributed by atoms with van der Waals surface area (Å²) in [5.74, 6) is 5.12. The first-order valence-electron chi connectivity index (χ1n) is 4.66. The monoisotopic (exact) mass is 276 g/mol. The molecule has 0 aliphatic heterocycles. The van der Waals surface area contributed by atoms with Gasteiger partial charge < -0.3 is 10.5 Å². The summed E-state index contributed by atoms with van der Waals surface area (Å²) in [5, 5.41) is 0. The number of ether oxygens (including phenoxy) is 1. The van der Waals surface area contributed by atoms with Crippen LogP contribution >= 0.6 is 0 Å². The number of carbonyl (C=O) groups is 1. The number of carbonyl (C=O) groups excluding carboxylic acids is 1. The number of amides is 1. The average Bonchev–Trinajstić information content (AvgIpc) is 2.34. The maximum atomic E-state index is 11.7. The molecule has 0 aliphatic rings. The van der Waals surface area contributed by atoms with E-state index in [-0.39, 0.29) is 24.0 Å². The molecule has 10 nitrogen and oxygen atoms in total. The van der Waals surface area contributed by atoms with Crippen molar-refractivity contribution in [2.75, 3.05) is 18.6 Å². The molecule has 18 heavy (non-hydrogen) atoms. The van der Waals surface area contributed by atoms with E-state index in [1.165, 1.54) is 0 Å². The summed E-state index contributed by atoms with van der Waals surface area (Å²) in [6.07, 6.45) is 1.19. The van der Waals surface area contributed by atoms with Gasteiger partial charge in [0, 0.05) is 6.54 Å². The largest absolute Gasteiger partial charge is 0.448 e. The molecule has 6 N–H and O–H groups in total. The fourth-order valence-corrected chi connectivity index (χ4v) is 1.84. The lowest BCUT2D eigenvalue weighted by atomic mass is 10.7. The van der Waals surface area contributed by atoms with Gasteiger partial charge in [0.25, 0.3) is 0 Å². The maximum absolute atomic E-state index is 11.7. The molecule has 1 rings (SSSR count). The second-order valence-corrected chi connectivity index (χ2v) is 4.72. The van der Waals surface area contributed by atoms with Crippen LogP contribution in [0.3, 0.4) is 0 Å². The number of hydrogen-bond donors (Lipinski definition) is 4. The van der Waals surface area contributed by atoms with Crippen molar-refractivity contribution in [3.8, 4) is 0 Å². The number of nitrogens with one attached hydrogen (secondary N) is 2. The number of nitrogen functional groups attached to an aromatic ring is 1. The van der Waals surface area contributed by atoms with E-state index in [4.69, 9.17) is 11.6 Å². The summed E-state index contributed by atoms with van der Waals surface area (Å²) in [5.41, 5.74) is 6.87. The molecule has 11 heteroatoms. The minimum atomic E-state index is -3.76. The molecule has 0 spiro atoms. The van der Waals surface area contributed by atoms with Gasteiger partial charge in [0.1, 0.15) is 11.5 Å². The van der Waals surface area contributed by atoms with Gasteiger partial charge in [0.05, 0.1) is 12.4 Å². The molecule has 0 atom stereocenters. The Labute approximate surface area is 103 Å². The molecule has 0 radical (unpaired) electrons. The van der Waals surface area contributed by atoms with Crippen LogP contribution in [0.25, 0.3) is 0 Å². The number of nitrogens with two attached hydrogens (primary N) is 2. The topological polar surface area (TPSA) is 162 Å². The average molecular weight is 276 g/mol. The first-order chi connectivity index (χ1) is 8.45. The maximum Gasteiger partial charge on any atom is 0.404 e. The molecule has 0 saturated heterocycles. The normalized spacial score (nSPS) is 10.9. The van der Waals surface area contributed by atoms with Crippen LogP contribution in [-0.4, -0.2) is 37.6 Å². The van der Waals surface area contributed by atoms with Crippen molar-refractivity contribution in [2.24, 2.45) is 11.6 Å². The van der Waals surface area contributed by atoms with Gasteiger partial charge in [0.15, 0.2) is 0 Å². The molecule has 1 aromatic heterocycles. The standard InChI is InChI=1S/C7H12N6O4S/c8-6(14)17-2-1-12-18(15,16)5-3-10-7(13-9)11-4-5/h3-4,12H,1-2,9H2,(H2,8,14)(H,10,11,13). The van der Waals surface area contributed by atoms with Crippen LogP contribution in [-0.2, 0) is 14.8 Å². The molecule has 0 saturated carbocycles. The van der Waals surface area contributed by atoms with Crippen LogP contribution in [0.1, 0.15) is 0 Å².